The molecule has 0 spiro atoms. The molecule has 7 rings (SSSR count). The van der Waals surface area contributed by atoms with Gasteiger partial charge in [0.25, 0.3) is 11.8 Å². The second kappa shape index (κ2) is 18.4. The molecule has 288 valence electrons. The van der Waals surface area contributed by atoms with E-state index in [9.17, 15) is 19.8 Å². The molecule has 2 unspecified atom stereocenters. The van der Waals surface area contributed by atoms with Crippen LogP contribution in [-0.4, -0.2) is 73.0 Å². The topological polar surface area (TPSA) is 236 Å². The Hall–Kier alpha value is -8.18. The maximum atomic E-state index is 12.6. The standard InChI is InChI=1S/C41H34N12O5/c54-36-28(21-46-47-25-32-9-1-5-13-42-32)17-26(20-31(36)24-50-53-41-38(58-41)33-10-2-6-14-43-33)27-18-29(22-48-51-39(56)34-11-3-7-15-44-34)37(55)30(19-27)23-49-52-40(57)35-12-4-8-16-45-35/h1-24,38,41,47,53-55H,25H2,(H,51,56)(H,52,57)/b46-21+,48-22+,49-23+,50-24+. The molecule has 0 bridgehead atoms. The minimum absolute atomic E-state index is 0.118. The molecule has 6 N–H and O–H groups in total. The number of carbonyl (C=O) groups is 2. The quantitative estimate of drug-likeness (QED) is 0.0495. The summed E-state index contributed by atoms with van der Waals surface area (Å²) in [5, 5.41) is 39.5. The summed E-state index contributed by atoms with van der Waals surface area (Å²) in [7, 11) is 0. The molecule has 1 saturated heterocycles. The summed E-state index contributed by atoms with van der Waals surface area (Å²) in [6, 6.07) is 27.5. The number of epoxide rings is 1. The summed E-state index contributed by atoms with van der Waals surface area (Å²) < 4.78 is 5.68. The molecule has 4 aromatic heterocycles. The molecule has 2 aromatic carbocycles. The maximum Gasteiger partial charge on any atom is 0.289 e. The van der Waals surface area contributed by atoms with Crippen LogP contribution < -0.4 is 21.7 Å². The van der Waals surface area contributed by atoms with Gasteiger partial charge in [-0.15, -0.1) is 0 Å². The van der Waals surface area contributed by atoms with Crippen molar-refractivity contribution in [3.8, 4) is 22.6 Å². The van der Waals surface area contributed by atoms with Gasteiger partial charge in [-0.1, -0.05) is 24.3 Å². The normalized spacial score (nSPS) is 14.9. The predicted octanol–water partition coefficient (Wildman–Crippen LogP) is 4.02. The van der Waals surface area contributed by atoms with Gasteiger partial charge in [-0.05, 0) is 83.9 Å². The lowest BCUT2D eigenvalue weighted by Crippen LogP contribution is -2.19. The minimum Gasteiger partial charge on any atom is -0.507 e. The number of aromatic hydroxyl groups is 2. The second-order valence-electron chi connectivity index (χ2n) is 12.4. The van der Waals surface area contributed by atoms with Crippen LogP contribution in [0.2, 0.25) is 0 Å². The van der Waals surface area contributed by atoms with Crippen molar-refractivity contribution in [2.75, 3.05) is 0 Å². The van der Waals surface area contributed by atoms with Gasteiger partial charge in [0.05, 0.1) is 42.8 Å². The smallest absolute Gasteiger partial charge is 0.289 e. The number of nitrogens with one attached hydrogen (secondary N) is 4. The zero-order chi connectivity index (χ0) is 40.1. The average Bonchev–Trinajstić information content (AvgIpc) is 4.05. The molecule has 2 atom stereocenters. The fourth-order valence-corrected chi connectivity index (χ4v) is 5.42. The third-order valence-corrected chi connectivity index (χ3v) is 8.36. The summed E-state index contributed by atoms with van der Waals surface area (Å²) in [5.74, 6) is -1.50. The Bertz CT molecular complexity index is 2400. The molecule has 17 nitrogen and oxygen atoms in total. The van der Waals surface area contributed by atoms with Crippen molar-refractivity contribution in [2.24, 2.45) is 20.4 Å². The molecular weight excluding hydrogens is 741 g/mol. The lowest BCUT2D eigenvalue weighted by Gasteiger charge is -2.12. The Morgan fingerprint density at radius 3 is 1.57 bits per heavy atom. The van der Waals surface area contributed by atoms with Gasteiger partial charge < -0.3 is 20.4 Å². The highest BCUT2D eigenvalue weighted by Gasteiger charge is 2.41. The number of rotatable bonds is 15. The van der Waals surface area contributed by atoms with Crippen LogP contribution in [-0.2, 0) is 11.3 Å². The lowest BCUT2D eigenvalue weighted by molar-refractivity contribution is 0.0942. The summed E-state index contributed by atoms with van der Waals surface area (Å²) in [5.41, 5.74) is 14.6. The van der Waals surface area contributed by atoms with Crippen LogP contribution in [0.4, 0.5) is 0 Å². The van der Waals surface area contributed by atoms with E-state index in [1.807, 2.05) is 36.4 Å². The van der Waals surface area contributed by atoms with Gasteiger partial charge in [0.15, 0.2) is 6.23 Å². The van der Waals surface area contributed by atoms with Gasteiger partial charge >= 0.3 is 0 Å². The minimum atomic E-state index is -0.564. The van der Waals surface area contributed by atoms with E-state index in [0.29, 0.717) is 28.8 Å². The van der Waals surface area contributed by atoms with E-state index in [-0.39, 0.29) is 40.1 Å². The first-order valence-electron chi connectivity index (χ1n) is 17.7. The van der Waals surface area contributed by atoms with Crippen molar-refractivity contribution in [3.05, 3.63) is 167 Å². The summed E-state index contributed by atoms with van der Waals surface area (Å²) >= 11 is 0. The van der Waals surface area contributed by atoms with Crippen LogP contribution in [0.3, 0.4) is 0 Å². The Morgan fingerprint density at radius 1 is 0.603 bits per heavy atom. The maximum absolute atomic E-state index is 12.6. The Morgan fingerprint density at radius 2 is 1.09 bits per heavy atom. The van der Waals surface area contributed by atoms with Crippen LogP contribution in [0.1, 0.15) is 60.7 Å². The number of aromatic nitrogens is 4. The number of hydrazone groups is 4. The van der Waals surface area contributed by atoms with E-state index >= 15 is 0 Å². The summed E-state index contributed by atoms with van der Waals surface area (Å²) in [4.78, 5) is 41.9. The highest BCUT2D eigenvalue weighted by molar-refractivity contribution is 5.99. The first-order chi connectivity index (χ1) is 28.4. The van der Waals surface area contributed by atoms with E-state index < -0.39 is 18.0 Å². The fraction of sp³-hybridized carbons (Fsp3) is 0.0732. The van der Waals surface area contributed by atoms with Crippen LogP contribution in [0.15, 0.2) is 142 Å². The number of benzene rings is 2. The molecule has 0 saturated carbocycles. The highest BCUT2D eigenvalue weighted by atomic mass is 16.6. The Balaban J connectivity index is 1.21. The number of hydrogen-bond acceptors (Lipinski definition) is 15. The van der Waals surface area contributed by atoms with Crippen LogP contribution in [0.25, 0.3) is 11.1 Å². The van der Waals surface area contributed by atoms with Crippen molar-refractivity contribution in [1.82, 2.24) is 41.6 Å². The number of amides is 2. The number of phenolic OH excluding ortho intramolecular Hbond substituents is 2. The molecule has 1 fully saturated rings. The van der Waals surface area contributed by atoms with Gasteiger partial charge in [-0.2, -0.15) is 20.4 Å². The van der Waals surface area contributed by atoms with Gasteiger partial charge in [0, 0.05) is 47.0 Å². The van der Waals surface area contributed by atoms with Crippen molar-refractivity contribution in [2.45, 2.75) is 18.9 Å². The number of nitrogens with zero attached hydrogens (tertiary/aromatic N) is 8. The van der Waals surface area contributed by atoms with E-state index in [1.165, 1.54) is 49.4 Å². The largest absolute Gasteiger partial charge is 0.507 e. The van der Waals surface area contributed by atoms with Crippen LogP contribution in [0, 0.1) is 0 Å². The third kappa shape index (κ3) is 9.92. The first-order valence-corrected chi connectivity index (χ1v) is 17.7. The molecule has 58 heavy (non-hydrogen) atoms. The molecular formula is C41H34N12O5. The van der Waals surface area contributed by atoms with Crippen molar-refractivity contribution in [1.29, 1.82) is 0 Å². The molecule has 2 amide bonds. The van der Waals surface area contributed by atoms with Gasteiger partial charge in [0.2, 0.25) is 0 Å². The zero-order valence-corrected chi connectivity index (χ0v) is 30.4. The second-order valence-corrected chi connectivity index (χ2v) is 12.4. The predicted molar refractivity (Wildman–Crippen MR) is 215 cm³/mol. The monoisotopic (exact) mass is 774 g/mol. The molecule has 17 heteroatoms. The number of pyridine rings is 4. The van der Waals surface area contributed by atoms with Crippen LogP contribution >= 0.6 is 0 Å². The van der Waals surface area contributed by atoms with E-state index in [0.717, 1.165) is 11.4 Å². The van der Waals surface area contributed by atoms with Crippen molar-refractivity contribution >= 4 is 36.7 Å². The van der Waals surface area contributed by atoms with Gasteiger partial charge in [-0.3, -0.25) is 35.0 Å². The number of hydrogen-bond donors (Lipinski definition) is 6. The van der Waals surface area contributed by atoms with Gasteiger partial charge in [0.1, 0.15) is 29.0 Å². The first kappa shape index (κ1) is 38.1. The molecule has 0 radical (unpaired) electrons. The molecule has 1 aliphatic heterocycles. The number of ether oxygens (including phenoxy) is 1. The van der Waals surface area contributed by atoms with Crippen molar-refractivity contribution in [3.63, 3.8) is 0 Å². The van der Waals surface area contributed by atoms with Crippen LogP contribution in [0.5, 0.6) is 11.5 Å². The highest BCUT2D eigenvalue weighted by Crippen LogP contribution is 2.36. The number of phenols is 2. The molecule has 6 aromatic rings. The van der Waals surface area contributed by atoms with E-state index in [4.69, 9.17) is 4.74 Å². The van der Waals surface area contributed by atoms with E-state index in [1.54, 1.807) is 60.9 Å². The Kier molecular flexibility index (Phi) is 12.1. The molecule has 0 aliphatic carbocycles. The zero-order valence-electron chi connectivity index (χ0n) is 30.4. The fourth-order valence-electron chi connectivity index (χ4n) is 5.42. The SMILES string of the molecule is O=C(N/N=C/c1cc(-c2cc(/C=N/NCc3ccccn3)c(O)c(/C=N/NC3OC3c3ccccn3)c2)cc(/C=N/NC(=O)c2ccccn2)c1O)c1ccccn1. The third-order valence-electron chi connectivity index (χ3n) is 8.36. The molecule has 5 heterocycles. The van der Waals surface area contributed by atoms with Gasteiger partial charge in [-0.25, -0.2) is 10.9 Å². The van der Waals surface area contributed by atoms with Crippen molar-refractivity contribution < 1.29 is 24.5 Å². The number of carbonyl (C=O) groups excluding carboxylic acids is 2. The van der Waals surface area contributed by atoms with E-state index in [2.05, 4.69) is 62.0 Å². The lowest BCUT2D eigenvalue weighted by atomic mass is 9.95. The molecule has 1 aliphatic rings. The summed E-state index contributed by atoms with van der Waals surface area (Å²) in [6.45, 7) is 0.339. The average molecular weight is 775 g/mol. The Labute approximate surface area is 331 Å². The summed E-state index contributed by atoms with van der Waals surface area (Å²) in [6.07, 6.45) is 11.1.